The zero-order valence-electron chi connectivity index (χ0n) is 19.7. The molecule has 6 heteroatoms. The molecule has 1 N–H and O–H groups in total. The first-order valence-electron chi connectivity index (χ1n) is 11.3. The fourth-order valence-electron chi connectivity index (χ4n) is 3.70. The number of rotatable bonds is 8. The molecular formula is C28H30Cl2N2O2. The summed E-state index contributed by atoms with van der Waals surface area (Å²) in [6.45, 7) is 6.06. The normalized spacial score (nSPS) is 12.1. The van der Waals surface area contributed by atoms with E-state index in [-0.39, 0.29) is 24.8 Å². The molecule has 0 aliphatic carbocycles. The van der Waals surface area contributed by atoms with Crippen LogP contribution in [0.5, 0.6) is 0 Å². The van der Waals surface area contributed by atoms with Gasteiger partial charge in [0.15, 0.2) is 0 Å². The third-order valence-corrected chi connectivity index (χ3v) is 5.96. The van der Waals surface area contributed by atoms with E-state index in [2.05, 4.69) is 5.32 Å². The van der Waals surface area contributed by atoms with E-state index >= 15 is 0 Å². The second-order valence-corrected chi connectivity index (χ2v) is 10.2. The van der Waals surface area contributed by atoms with Gasteiger partial charge in [-0.1, -0.05) is 83.9 Å². The van der Waals surface area contributed by atoms with Crippen LogP contribution in [0.4, 0.5) is 0 Å². The maximum Gasteiger partial charge on any atom is 0.243 e. The summed E-state index contributed by atoms with van der Waals surface area (Å²) in [6.07, 6.45) is 0.492. The Bertz CT molecular complexity index is 1110. The molecule has 2 amide bonds. The topological polar surface area (TPSA) is 49.4 Å². The first-order valence-corrected chi connectivity index (χ1v) is 12.0. The SMILES string of the molecule is CC(C)(C)NC(=O)[C@H](Cc1ccccc1)N(Cc1ccc(Cl)cc1)C(=O)Cc1ccccc1Cl. The van der Waals surface area contributed by atoms with E-state index in [1.54, 1.807) is 23.1 Å². The molecule has 0 aliphatic heterocycles. The quantitative estimate of drug-likeness (QED) is 0.410. The van der Waals surface area contributed by atoms with Crippen molar-refractivity contribution in [3.63, 3.8) is 0 Å². The van der Waals surface area contributed by atoms with Gasteiger partial charge >= 0.3 is 0 Å². The summed E-state index contributed by atoms with van der Waals surface area (Å²) in [5, 5.41) is 4.21. The van der Waals surface area contributed by atoms with Crippen molar-refractivity contribution < 1.29 is 9.59 Å². The number of benzene rings is 3. The summed E-state index contributed by atoms with van der Waals surface area (Å²) in [5.41, 5.74) is 2.15. The zero-order chi connectivity index (χ0) is 24.7. The Kier molecular flexibility index (Phi) is 8.76. The van der Waals surface area contributed by atoms with Crippen molar-refractivity contribution in [2.24, 2.45) is 0 Å². The van der Waals surface area contributed by atoms with Gasteiger partial charge in [-0.2, -0.15) is 0 Å². The van der Waals surface area contributed by atoms with E-state index in [0.717, 1.165) is 16.7 Å². The molecular weight excluding hydrogens is 467 g/mol. The lowest BCUT2D eigenvalue weighted by Gasteiger charge is -2.34. The minimum Gasteiger partial charge on any atom is -0.350 e. The molecule has 1 atom stereocenters. The van der Waals surface area contributed by atoms with Crippen molar-refractivity contribution in [3.05, 3.63) is 106 Å². The molecule has 0 saturated heterocycles. The van der Waals surface area contributed by atoms with Gasteiger partial charge in [0.1, 0.15) is 6.04 Å². The van der Waals surface area contributed by atoms with Gasteiger partial charge in [0.2, 0.25) is 11.8 Å². The Morgan fingerprint density at radius 2 is 1.47 bits per heavy atom. The number of nitrogens with one attached hydrogen (secondary N) is 1. The van der Waals surface area contributed by atoms with Crippen molar-refractivity contribution in [1.29, 1.82) is 0 Å². The summed E-state index contributed by atoms with van der Waals surface area (Å²) in [6, 6.07) is 23.6. The van der Waals surface area contributed by atoms with Gasteiger partial charge in [0, 0.05) is 28.5 Å². The molecule has 3 aromatic carbocycles. The predicted molar refractivity (Wildman–Crippen MR) is 139 cm³/mol. The Balaban J connectivity index is 1.99. The van der Waals surface area contributed by atoms with E-state index in [1.165, 1.54) is 0 Å². The minimum absolute atomic E-state index is 0.0986. The van der Waals surface area contributed by atoms with E-state index in [9.17, 15) is 9.59 Å². The van der Waals surface area contributed by atoms with Gasteiger partial charge in [-0.3, -0.25) is 9.59 Å². The van der Waals surface area contributed by atoms with Gasteiger partial charge < -0.3 is 10.2 Å². The lowest BCUT2D eigenvalue weighted by Crippen LogP contribution is -2.54. The highest BCUT2D eigenvalue weighted by atomic mass is 35.5. The Morgan fingerprint density at radius 3 is 2.09 bits per heavy atom. The number of carbonyl (C=O) groups is 2. The molecule has 34 heavy (non-hydrogen) atoms. The van der Waals surface area contributed by atoms with Crippen LogP contribution in [0.25, 0.3) is 0 Å². The molecule has 0 fully saturated rings. The summed E-state index contributed by atoms with van der Waals surface area (Å²) in [7, 11) is 0. The fourth-order valence-corrected chi connectivity index (χ4v) is 4.03. The molecule has 0 bridgehead atoms. The molecule has 3 aromatic rings. The Morgan fingerprint density at radius 1 is 0.853 bits per heavy atom. The molecule has 0 spiro atoms. The first kappa shape index (κ1) is 25.8. The average Bonchev–Trinajstić information content (AvgIpc) is 2.78. The molecule has 0 aliphatic rings. The van der Waals surface area contributed by atoms with E-state index in [1.807, 2.05) is 81.4 Å². The highest BCUT2D eigenvalue weighted by Gasteiger charge is 2.32. The van der Waals surface area contributed by atoms with Crippen LogP contribution in [-0.2, 0) is 29.0 Å². The lowest BCUT2D eigenvalue weighted by atomic mass is 10.00. The van der Waals surface area contributed by atoms with E-state index in [4.69, 9.17) is 23.2 Å². The summed E-state index contributed by atoms with van der Waals surface area (Å²) < 4.78 is 0. The monoisotopic (exact) mass is 496 g/mol. The smallest absolute Gasteiger partial charge is 0.243 e. The third kappa shape index (κ3) is 7.61. The second kappa shape index (κ2) is 11.5. The van der Waals surface area contributed by atoms with Crippen molar-refractivity contribution in [3.8, 4) is 0 Å². The molecule has 0 radical (unpaired) electrons. The van der Waals surface area contributed by atoms with E-state index < -0.39 is 11.6 Å². The number of hydrogen-bond acceptors (Lipinski definition) is 2. The summed E-state index contributed by atoms with van der Waals surface area (Å²) in [5.74, 6) is -0.370. The van der Waals surface area contributed by atoms with Crippen LogP contribution in [0, 0.1) is 0 Å². The van der Waals surface area contributed by atoms with Gasteiger partial charge in [0.25, 0.3) is 0 Å². The van der Waals surface area contributed by atoms with Crippen molar-refractivity contribution in [2.45, 2.75) is 51.7 Å². The summed E-state index contributed by atoms with van der Waals surface area (Å²) >= 11 is 12.4. The van der Waals surface area contributed by atoms with Gasteiger partial charge in [-0.05, 0) is 55.7 Å². The molecule has 4 nitrogen and oxygen atoms in total. The maximum absolute atomic E-state index is 13.7. The molecule has 0 aromatic heterocycles. The van der Waals surface area contributed by atoms with Crippen molar-refractivity contribution >= 4 is 35.0 Å². The molecule has 0 saturated carbocycles. The van der Waals surface area contributed by atoms with Gasteiger partial charge in [-0.25, -0.2) is 0 Å². The van der Waals surface area contributed by atoms with Crippen molar-refractivity contribution in [2.75, 3.05) is 0 Å². The van der Waals surface area contributed by atoms with Gasteiger partial charge in [0.05, 0.1) is 6.42 Å². The number of nitrogens with zero attached hydrogens (tertiary/aromatic N) is 1. The molecule has 0 unspecified atom stereocenters. The molecule has 0 heterocycles. The number of hydrogen-bond donors (Lipinski definition) is 1. The van der Waals surface area contributed by atoms with Crippen molar-refractivity contribution in [1.82, 2.24) is 10.2 Å². The van der Waals surface area contributed by atoms with Crippen LogP contribution < -0.4 is 5.32 Å². The van der Waals surface area contributed by atoms with Crippen LogP contribution >= 0.6 is 23.2 Å². The average molecular weight is 497 g/mol. The predicted octanol–water partition coefficient (Wildman–Crippen LogP) is 6.09. The standard InChI is InChI=1S/C28H30Cl2N2O2/c1-28(2,3)31-27(34)25(17-20-9-5-4-6-10-20)32(19-21-13-15-23(29)16-14-21)26(33)18-22-11-7-8-12-24(22)30/h4-16,25H,17-19H2,1-3H3,(H,31,34)/t25-/m0/s1. The fraction of sp³-hybridized carbons (Fsp3) is 0.286. The van der Waals surface area contributed by atoms with Crippen LogP contribution in [0.3, 0.4) is 0 Å². The van der Waals surface area contributed by atoms with Crippen LogP contribution in [-0.4, -0.2) is 28.3 Å². The molecule has 178 valence electrons. The highest BCUT2D eigenvalue weighted by Crippen LogP contribution is 2.21. The highest BCUT2D eigenvalue weighted by molar-refractivity contribution is 6.31. The first-order chi connectivity index (χ1) is 16.1. The third-order valence-electron chi connectivity index (χ3n) is 5.33. The van der Waals surface area contributed by atoms with Gasteiger partial charge in [-0.15, -0.1) is 0 Å². The van der Waals surface area contributed by atoms with Crippen LogP contribution in [0.2, 0.25) is 10.0 Å². The van der Waals surface area contributed by atoms with E-state index in [0.29, 0.717) is 16.5 Å². The number of amides is 2. The van der Waals surface area contributed by atoms with Crippen LogP contribution in [0.15, 0.2) is 78.9 Å². The number of carbonyl (C=O) groups excluding carboxylic acids is 2. The molecule has 3 rings (SSSR count). The van der Waals surface area contributed by atoms with Crippen LogP contribution in [0.1, 0.15) is 37.5 Å². The maximum atomic E-state index is 13.7. The minimum atomic E-state index is -0.702. The largest absolute Gasteiger partial charge is 0.350 e. The second-order valence-electron chi connectivity index (χ2n) is 9.36. The zero-order valence-corrected chi connectivity index (χ0v) is 21.2. The Hall–Kier alpha value is -2.82. The summed E-state index contributed by atoms with van der Waals surface area (Å²) in [4.78, 5) is 28.9. The Labute approximate surface area is 211 Å². The number of halogens is 2. The lowest BCUT2D eigenvalue weighted by molar-refractivity contribution is -0.141.